The molecule has 1 heteroatoms. The quantitative estimate of drug-likeness (QED) is 0.359. The summed E-state index contributed by atoms with van der Waals surface area (Å²) in [6.07, 6.45) is 12.3. The first-order chi connectivity index (χ1) is 8.31. The SMILES string of the molecule is [2H]C([2H])(CCCCCCCCCCC)[N+](C)(C)C. The second-order valence-corrected chi connectivity index (χ2v) is 5.75. The topological polar surface area (TPSA) is 0 Å². The molecule has 0 amide bonds. The summed E-state index contributed by atoms with van der Waals surface area (Å²) in [6, 6.07) is 0. The summed E-state index contributed by atoms with van der Waals surface area (Å²) in [4.78, 5) is 0. The van der Waals surface area contributed by atoms with Crippen molar-refractivity contribution in [1.29, 1.82) is 0 Å². The third kappa shape index (κ3) is 14.0. The maximum absolute atomic E-state index is 8.01. The molecule has 0 atom stereocenters. The van der Waals surface area contributed by atoms with E-state index in [-0.39, 0.29) is 0 Å². The van der Waals surface area contributed by atoms with Gasteiger partial charge in [0, 0.05) is 0 Å². The predicted octanol–water partition coefficient (Wildman–Crippen LogP) is 4.61. The third-order valence-corrected chi connectivity index (χ3v) is 2.87. The molecule has 0 saturated heterocycles. The normalized spacial score (nSPS) is 14.8. The van der Waals surface area contributed by atoms with Crippen LogP contribution >= 0.6 is 0 Å². The van der Waals surface area contributed by atoms with E-state index in [2.05, 4.69) is 6.92 Å². The lowest BCUT2D eigenvalue weighted by Gasteiger charge is -2.23. The zero-order valence-corrected chi connectivity index (χ0v) is 12.0. The molecule has 98 valence electrons. The maximum atomic E-state index is 8.01. The van der Waals surface area contributed by atoms with Gasteiger partial charge in [0.05, 0.1) is 30.4 Å². The van der Waals surface area contributed by atoms with Gasteiger partial charge in [0.15, 0.2) is 0 Å². The number of quaternary nitrogens is 1. The lowest BCUT2D eigenvalue weighted by molar-refractivity contribution is -0.870. The van der Waals surface area contributed by atoms with Crippen LogP contribution in [0.15, 0.2) is 0 Å². The second-order valence-electron chi connectivity index (χ2n) is 5.75. The van der Waals surface area contributed by atoms with Gasteiger partial charge < -0.3 is 4.48 Å². The Balaban J connectivity index is 3.41. The molecule has 0 aliphatic heterocycles. The smallest absolute Gasteiger partial charge is 0.0924 e. The van der Waals surface area contributed by atoms with Crippen molar-refractivity contribution in [2.45, 2.75) is 71.1 Å². The first-order valence-electron chi connectivity index (χ1n) is 8.13. The van der Waals surface area contributed by atoms with Gasteiger partial charge in [-0.25, -0.2) is 0 Å². The van der Waals surface area contributed by atoms with Crippen molar-refractivity contribution < 1.29 is 7.22 Å². The van der Waals surface area contributed by atoms with E-state index >= 15 is 0 Å². The van der Waals surface area contributed by atoms with E-state index in [0.717, 1.165) is 6.42 Å². The van der Waals surface area contributed by atoms with E-state index in [1.807, 2.05) is 21.1 Å². The molecule has 1 nitrogen and oxygen atoms in total. The summed E-state index contributed by atoms with van der Waals surface area (Å²) in [5, 5.41) is 0. The molecule has 0 saturated carbocycles. The molecule has 0 rings (SSSR count). The third-order valence-electron chi connectivity index (χ3n) is 2.87. The molecule has 0 fully saturated rings. The number of hydrogen-bond donors (Lipinski definition) is 0. The first-order valence-corrected chi connectivity index (χ1v) is 7.13. The highest BCUT2D eigenvalue weighted by atomic mass is 15.3. The van der Waals surface area contributed by atoms with Crippen LogP contribution in [0.3, 0.4) is 0 Å². The number of hydrogen-bond acceptors (Lipinski definition) is 0. The molecule has 0 aliphatic rings. The molecule has 0 aromatic heterocycles. The van der Waals surface area contributed by atoms with Gasteiger partial charge in [-0.05, 0) is 12.8 Å². The van der Waals surface area contributed by atoms with Gasteiger partial charge >= 0.3 is 0 Å². The Bertz CT molecular complexity index is 197. The van der Waals surface area contributed by atoms with Crippen molar-refractivity contribution in [3.05, 3.63) is 0 Å². The Morgan fingerprint density at radius 1 is 0.688 bits per heavy atom. The van der Waals surface area contributed by atoms with E-state index in [1.165, 1.54) is 51.4 Å². The Morgan fingerprint density at radius 2 is 1.06 bits per heavy atom. The summed E-state index contributed by atoms with van der Waals surface area (Å²) >= 11 is 0. The molecule has 0 radical (unpaired) electrons. The number of nitrogens with zero attached hydrogens (tertiary/aromatic N) is 1. The van der Waals surface area contributed by atoms with E-state index in [9.17, 15) is 0 Å². The maximum Gasteiger partial charge on any atom is 0.0924 e. The van der Waals surface area contributed by atoms with Gasteiger partial charge in [0.2, 0.25) is 0 Å². The van der Waals surface area contributed by atoms with Gasteiger partial charge in [-0.3, -0.25) is 0 Å². The van der Waals surface area contributed by atoms with Crippen molar-refractivity contribution >= 4 is 0 Å². The van der Waals surface area contributed by atoms with Crippen molar-refractivity contribution in [3.8, 4) is 0 Å². The Labute approximate surface area is 107 Å². The molecule has 0 spiro atoms. The molecule has 16 heavy (non-hydrogen) atoms. The van der Waals surface area contributed by atoms with Gasteiger partial charge in [0.1, 0.15) is 0 Å². The van der Waals surface area contributed by atoms with Crippen LogP contribution in [0.4, 0.5) is 0 Å². The highest BCUT2D eigenvalue weighted by Crippen LogP contribution is 2.10. The molecule has 0 aromatic carbocycles. The molecular formula is C15H34N+. The highest BCUT2D eigenvalue weighted by Gasteiger charge is 2.04. The molecule has 0 unspecified atom stereocenters. The Morgan fingerprint density at radius 3 is 1.44 bits per heavy atom. The summed E-state index contributed by atoms with van der Waals surface area (Å²) in [7, 11) is 5.81. The predicted molar refractivity (Wildman–Crippen MR) is 74.7 cm³/mol. The minimum Gasteiger partial charge on any atom is -0.331 e. The minimum absolute atomic E-state index is 0.407. The standard InChI is InChI=1S/C15H34N/c1-5-6-7-8-9-10-11-12-13-14-15-16(2,3)4/h5-15H2,1-4H3/q+1/i15D2. The minimum atomic E-state index is -1.08. The van der Waals surface area contributed by atoms with Crippen molar-refractivity contribution in [1.82, 2.24) is 0 Å². The van der Waals surface area contributed by atoms with Crippen LogP contribution in [0.25, 0.3) is 0 Å². The van der Waals surface area contributed by atoms with Gasteiger partial charge in [-0.1, -0.05) is 58.3 Å². The highest BCUT2D eigenvalue weighted by molar-refractivity contribution is 4.47. The summed E-state index contributed by atoms with van der Waals surface area (Å²) in [5.74, 6) is 0. The monoisotopic (exact) mass is 230 g/mol. The van der Waals surface area contributed by atoms with Crippen LogP contribution in [-0.2, 0) is 0 Å². The van der Waals surface area contributed by atoms with E-state index in [1.54, 1.807) is 0 Å². The van der Waals surface area contributed by atoms with Crippen LogP contribution in [0.5, 0.6) is 0 Å². The zero-order valence-electron chi connectivity index (χ0n) is 14.0. The molecule has 0 bridgehead atoms. The lowest BCUT2D eigenvalue weighted by Crippen LogP contribution is -2.35. The first kappa shape index (κ1) is 12.4. The van der Waals surface area contributed by atoms with Crippen LogP contribution < -0.4 is 0 Å². The largest absolute Gasteiger partial charge is 0.331 e. The van der Waals surface area contributed by atoms with Crippen LogP contribution in [0.2, 0.25) is 0 Å². The summed E-state index contributed by atoms with van der Waals surface area (Å²) < 4.78 is 16.4. The van der Waals surface area contributed by atoms with Crippen molar-refractivity contribution in [3.63, 3.8) is 0 Å². The summed E-state index contributed by atoms with van der Waals surface area (Å²) in [5.41, 5.74) is 0. The van der Waals surface area contributed by atoms with E-state index in [4.69, 9.17) is 2.74 Å². The van der Waals surface area contributed by atoms with Crippen LogP contribution in [0, 0.1) is 0 Å². The lowest BCUT2D eigenvalue weighted by atomic mass is 10.1. The van der Waals surface area contributed by atoms with E-state index in [0.29, 0.717) is 10.9 Å². The van der Waals surface area contributed by atoms with Crippen LogP contribution in [0.1, 0.15) is 73.9 Å². The van der Waals surface area contributed by atoms with Gasteiger partial charge in [0.25, 0.3) is 0 Å². The fraction of sp³-hybridized carbons (Fsp3) is 1.00. The Hall–Kier alpha value is -0.0400. The molecule has 0 aliphatic carbocycles. The van der Waals surface area contributed by atoms with Crippen molar-refractivity contribution in [2.24, 2.45) is 0 Å². The molecule has 0 aromatic rings. The van der Waals surface area contributed by atoms with Gasteiger partial charge in [-0.2, -0.15) is 0 Å². The fourth-order valence-corrected chi connectivity index (χ4v) is 1.85. The van der Waals surface area contributed by atoms with Gasteiger partial charge in [-0.15, -0.1) is 0 Å². The average Bonchev–Trinajstić information content (AvgIpc) is 2.25. The van der Waals surface area contributed by atoms with Crippen LogP contribution in [-0.4, -0.2) is 32.1 Å². The fourth-order valence-electron chi connectivity index (χ4n) is 1.85. The molecule has 0 N–H and O–H groups in total. The average molecular weight is 230 g/mol. The number of rotatable bonds is 11. The molecule has 0 heterocycles. The van der Waals surface area contributed by atoms with E-state index < -0.39 is 6.50 Å². The summed E-state index contributed by atoms with van der Waals surface area (Å²) in [6.45, 7) is 1.17. The number of unbranched alkanes of at least 4 members (excludes halogenated alkanes) is 8. The molecular weight excluding hydrogens is 194 g/mol. The van der Waals surface area contributed by atoms with Crippen molar-refractivity contribution in [2.75, 3.05) is 27.6 Å². The Kier molecular flexibility index (Phi) is 7.87. The second kappa shape index (κ2) is 10.1. The zero-order chi connectivity index (χ0) is 14.1.